The molecule has 0 aliphatic carbocycles. The van der Waals surface area contributed by atoms with E-state index in [1.54, 1.807) is 0 Å². The average Bonchev–Trinajstić information content (AvgIpc) is 2.73. The lowest BCUT2D eigenvalue weighted by molar-refractivity contribution is 0.000704. The third-order valence-electron chi connectivity index (χ3n) is 4.01. The van der Waals surface area contributed by atoms with E-state index in [1.165, 1.54) is 19.3 Å². The van der Waals surface area contributed by atoms with Crippen LogP contribution in [0.1, 0.15) is 33.1 Å². The summed E-state index contributed by atoms with van der Waals surface area (Å²) in [5.74, 6) is 1.44. The van der Waals surface area contributed by atoms with Gasteiger partial charge in [0.05, 0.1) is 6.10 Å². The van der Waals surface area contributed by atoms with Gasteiger partial charge in [0, 0.05) is 25.9 Å². The monoisotopic (exact) mass is 227 g/mol. The highest BCUT2D eigenvalue weighted by atomic mass is 16.5. The molecule has 0 bridgehead atoms. The van der Waals surface area contributed by atoms with Crippen LogP contribution in [-0.2, 0) is 9.47 Å². The molecule has 94 valence electrons. The van der Waals surface area contributed by atoms with Gasteiger partial charge < -0.3 is 14.8 Å². The Morgan fingerprint density at radius 2 is 1.94 bits per heavy atom. The molecule has 3 unspecified atom stereocenters. The summed E-state index contributed by atoms with van der Waals surface area (Å²) in [5, 5.41) is 3.64. The van der Waals surface area contributed by atoms with E-state index in [4.69, 9.17) is 9.47 Å². The van der Waals surface area contributed by atoms with Crippen molar-refractivity contribution in [1.82, 2.24) is 5.32 Å². The summed E-state index contributed by atoms with van der Waals surface area (Å²) in [7, 11) is 0. The van der Waals surface area contributed by atoms with Gasteiger partial charge in [0.25, 0.3) is 0 Å². The van der Waals surface area contributed by atoms with Crippen LogP contribution >= 0.6 is 0 Å². The standard InChI is InChI=1S/C13H25NO2/c1-3-14-12(11-5-7-15-8-6-11)13-10(2)4-9-16-13/h10-14H,3-9H2,1-2H3. The second-order valence-electron chi connectivity index (χ2n) is 5.13. The predicted octanol–water partition coefficient (Wildman–Crippen LogP) is 1.82. The quantitative estimate of drug-likeness (QED) is 0.794. The maximum absolute atomic E-state index is 5.93. The molecule has 2 heterocycles. The third-order valence-corrected chi connectivity index (χ3v) is 4.01. The first-order valence-corrected chi connectivity index (χ1v) is 6.75. The topological polar surface area (TPSA) is 30.5 Å². The van der Waals surface area contributed by atoms with Crippen molar-refractivity contribution in [2.24, 2.45) is 11.8 Å². The van der Waals surface area contributed by atoms with Gasteiger partial charge in [0.2, 0.25) is 0 Å². The third kappa shape index (κ3) is 2.76. The maximum atomic E-state index is 5.93. The Kier molecular flexibility index (Phi) is 4.62. The Labute approximate surface area is 98.9 Å². The normalized spacial score (nSPS) is 34.1. The van der Waals surface area contributed by atoms with Crippen LogP contribution in [0.3, 0.4) is 0 Å². The molecule has 0 saturated carbocycles. The first-order valence-electron chi connectivity index (χ1n) is 6.75. The van der Waals surface area contributed by atoms with Crippen LogP contribution in [0.4, 0.5) is 0 Å². The van der Waals surface area contributed by atoms with Crippen LogP contribution in [-0.4, -0.2) is 38.5 Å². The first-order chi connectivity index (χ1) is 7.83. The molecule has 0 aromatic carbocycles. The number of hydrogen-bond acceptors (Lipinski definition) is 3. The SMILES string of the molecule is CCNC(C1CCOCC1)C1OCCC1C. The highest BCUT2D eigenvalue weighted by molar-refractivity contribution is 4.90. The van der Waals surface area contributed by atoms with Crippen molar-refractivity contribution in [1.29, 1.82) is 0 Å². The van der Waals surface area contributed by atoms with Crippen molar-refractivity contribution in [2.45, 2.75) is 45.3 Å². The number of nitrogens with one attached hydrogen (secondary N) is 1. The summed E-state index contributed by atoms with van der Waals surface area (Å²) in [6, 6.07) is 0.534. The van der Waals surface area contributed by atoms with Crippen LogP contribution in [0, 0.1) is 11.8 Å². The highest BCUT2D eigenvalue weighted by Crippen LogP contribution is 2.30. The van der Waals surface area contributed by atoms with Gasteiger partial charge >= 0.3 is 0 Å². The van der Waals surface area contributed by atoms with Crippen molar-refractivity contribution >= 4 is 0 Å². The molecule has 0 spiro atoms. The molecule has 0 aromatic rings. The summed E-state index contributed by atoms with van der Waals surface area (Å²) < 4.78 is 11.4. The van der Waals surface area contributed by atoms with Gasteiger partial charge in [-0.3, -0.25) is 0 Å². The minimum absolute atomic E-state index is 0.419. The molecule has 2 aliphatic rings. The molecule has 2 aliphatic heterocycles. The van der Waals surface area contributed by atoms with Crippen LogP contribution in [0.25, 0.3) is 0 Å². The van der Waals surface area contributed by atoms with E-state index in [9.17, 15) is 0 Å². The van der Waals surface area contributed by atoms with Gasteiger partial charge in [-0.15, -0.1) is 0 Å². The Morgan fingerprint density at radius 1 is 1.19 bits per heavy atom. The number of likely N-dealkylation sites (N-methyl/N-ethyl adjacent to an activating group) is 1. The van der Waals surface area contributed by atoms with Crippen molar-refractivity contribution in [3.05, 3.63) is 0 Å². The summed E-state index contributed by atoms with van der Waals surface area (Å²) >= 11 is 0. The summed E-state index contributed by atoms with van der Waals surface area (Å²) in [6.45, 7) is 8.33. The van der Waals surface area contributed by atoms with Crippen LogP contribution in [0.2, 0.25) is 0 Å². The molecular formula is C13H25NO2. The summed E-state index contributed by atoms with van der Waals surface area (Å²) in [4.78, 5) is 0. The van der Waals surface area contributed by atoms with Gasteiger partial charge in [0.15, 0.2) is 0 Å². The lowest BCUT2D eigenvalue weighted by Gasteiger charge is -2.35. The van der Waals surface area contributed by atoms with E-state index in [-0.39, 0.29) is 0 Å². The van der Waals surface area contributed by atoms with Gasteiger partial charge in [0.1, 0.15) is 0 Å². The van der Waals surface area contributed by atoms with E-state index < -0.39 is 0 Å². The molecule has 3 atom stereocenters. The molecule has 0 radical (unpaired) electrons. The summed E-state index contributed by atoms with van der Waals surface area (Å²) in [6.07, 6.45) is 4.01. The van der Waals surface area contributed by atoms with Gasteiger partial charge in [-0.2, -0.15) is 0 Å². The first kappa shape index (κ1) is 12.3. The van der Waals surface area contributed by atoms with Crippen molar-refractivity contribution in [2.75, 3.05) is 26.4 Å². The Hall–Kier alpha value is -0.120. The smallest absolute Gasteiger partial charge is 0.0757 e. The molecule has 16 heavy (non-hydrogen) atoms. The molecule has 0 aromatic heterocycles. The molecule has 2 fully saturated rings. The van der Waals surface area contributed by atoms with E-state index in [2.05, 4.69) is 19.2 Å². The Bertz CT molecular complexity index is 204. The zero-order chi connectivity index (χ0) is 11.4. The fourth-order valence-electron chi connectivity index (χ4n) is 3.04. The van der Waals surface area contributed by atoms with Crippen molar-refractivity contribution in [3.8, 4) is 0 Å². The Morgan fingerprint density at radius 3 is 2.50 bits per heavy atom. The number of rotatable bonds is 4. The van der Waals surface area contributed by atoms with Crippen molar-refractivity contribution in [3.63, 3.8) is 0 Å². The van der Waals surface area contributed by atoms with E-state index in [0.717, 1.165) is 32.3 Å². The molecule has 3 nitrogen and oxygen atoms in total. The molecular weight excluding hydrogens is 202 g/mol. The average molecular weight is 227 g/mol. The largest absolute Gasteiger partial charge is 0.381 e. The fraction of sp³-hybridized carbons (Fsp3) is 1.00. The minimum Gasteiger partial charge on any atom is -0.381 e. The van der Waals surface area contributed by atoms with Crippen LogP contribution in [0.5, 0.6) is 0 Å². The highest BCUT2D eigenvalue weighted by Gasteiger charge is 2.36. The van der Waals surface area contributed by atoms with E-state index >= 15 is 0 Å². The molecule has 1 N–H and O–H groups in total. The minimum atomic E-state index is 0.419. The molecule has 2 saturated heterocycles. The lowest BCUT2D eigenvalue weighted by Crippen LogP contribution is -2.48. The zero-order valence-electron chi connectivity index (χ0n) is 10.6. The Balaban J connectivity index is 1.97. The number of ether oxygens (including phenoxy) is 2. The zero-order valence-corrected chi connectivity index (χ0v) is 10.6. The second kappa shape index (κ2) is 5.99. The van der Waals surface area contributed by atoms with E-state index in [0.29, 0.717) is 18.1 Å². The van der Waals surface area contributed by atoms with E-state index in [1.807, 2.05) is 0 Å². The lowest BCUT2D eigenvalue weighted by atomic mass is 9.84. The molecule has 0 amide bonds. The van der Waals surface area contributed by atoms with Crippen LogP contribution < -0.4 is 5.32 Å². The second-order valence-corrected chi connectivity index (χ2v) is 5.13. The van der Waals surface area contributed by atoms with Crippen molar-refractivity contribution < 1.29 is 9.47 Å². The van der Waals surface area contributed by atoms with Gasteiger partial charge in [-0.05, 0) is 37.6 Å². The fourth-order valence-corrected chi connectivity index (χ4v) is 3.04. The van der Waals surface area contributed by atoms with Gasteiger partial charge in [-0.25, -0.2) is 0 Å². The van der Waals surface area contributed by atoms with Crippen LogP contribution in [0.15, 0.2) is 0 Å². The predicted molar refractivity (Wildman–Crippen MR) is 64.5 cm³/mol. The number of hydrogen-bond donors (Lipinski definition) is 1. The summed E-state index contributed by atoms with van der Waals surface area (Å²) in [5.41, 5.74) is 0. The maximum Gasteiger partial charge on any atom is 0.0757 e. The van der Waals surface area contributed by atoms with Gasteiger partial charge in [-0.1, -0.05) is 13.8 Å². The molecule has 2 rings (SSSR count). The molecule has 3 heteroatoms.